The minimum absolute atomic E-state index is 0.453. The third-order valence-electron chi connectivity index (χ3n) is 3.66. The molecule has 1 unspecified atom stereocenters. The molecule has 0 aliphatic heterocycles. The summed E-state index contributed by atoms with van der Waals surface area (Å²) in [6.45, 7) is 2.30. The summed E-state index contributed by atoms with van der Waals surface area (Å²) in [7, 11) is 0. The van der Waals surface area contributed by atoms with Gasteiger partial charge in [-0.1, -0.05) is 55.8 Å². The second-order valence-electron chi connectivity index (χ2n) is 5.07. The number of allylic oxidation sites excluding steroid dienone is 2. The molecule has 1 aliphatic carbocycles. The van der Waals surface area contributed by atoms with Crippen LogP contribution in [0.15, 0.2) is 42.5 Å². The minimum atomic E-state index is 0.453. The molecular weight excluding hydrogens is 192 g/mol. The first-order valence-corrected chi connectivity index (χ1v) is 6.56. The maximum absolute atomic E-state index is 2.49. The van der Waals surface area contributed by atoms with Crippen LogP contribution in [-0.2, 0) is 6.42 Å². The van der Waals surface area contributed by atoms with Crippen LogP contribution in [0.5, 0.6) is 0 Å². The van der Waals surface area contributed by atoms with Crippen molar-refractivity contribution in [1.82, 2.24) is 0 Å². The summed E-state index contributed by atoms with van der Waals surface area (Å²) >= 11 is 0. The predicted octanol–water partition coefficient (Wildman–Crippen LogP) is 4.76. The minimum Gasteiger partial charge on any atom is -0.0880 e. The number of hydrogen-bond acceptors (Lipinski definition) is 0. The Morgan fingerprint density at radius 1 is 1.19 bits per heavy atom. The Kier molecular flexibility index (Phi) is 3.82. The average Bonchev–Trinajstić information content (AvgIpc) is 2.31. The van der Waals surface area contributed by atoms with Crippen LogP contribution in [0.4, 0.5) is 0 Å². The van der Waals surface area contributed by atoms with Crippen LogP contribution < -0.4 is 0 Å². The summed E-state index contributed by atoms with van der Waals surface area (Å²) in [5, 5.41) is 0. The Hall–Kier alpha value is -1.04. The molecule has 1 aliphatic rings. The Bertz CT molecular complexity index is 336. The van der Waals surface area contributed by atoms with Gasteiger partial charge in [0, 0.05) is 0 Å². The van der Waals surface area contributed by atoms with E-state index >= 15 is 0 Å². The van der Waals surface area contributed by atoms with Gasteiger partial charge < -0.3 is 0 Å². The van der Waals surface area contributed by atoms with Crippen LogP contribution in [-0.4, -0.2) is 0 Å². The van der Waals surface area contributed by atoms with Gasteiger partial charge in [0.05, 0.1) is 0 Å². The van der Waals surface area contributed by atoms with E-state index in [1.165, 1.54) is 44.1 Å². The first-order valence-electron chi connectivity index (χ1n) is 6.56. The summed E-state index contributed by atoms with van der Waals surface area (Å²) in [6.07, 6.45) is 12.7. The van der Waals surface area contributed by atoms with Crippen LogP contribution >= 0.6 is 0 Å². The van der Waals surface area contributed by atoms with Crippen molar-refractivity contribution in [3.05, 3.63) is 48.0 Å². The molecule has 0 nitrogen and oxygen atoms in total. The van der Waals surface area contributed by atoms with Crippen molar-refractivity contribution in [2.75, 3.05) is 0 Å². The van der Waals surface area contributed by atoms with E-state index in [4.69, 9.17) is 0 Å². The molecule has 86 valence electrons. The van der Waals surface area contributed by atoms with Gasteiger partial charge in [-0.2, -0.15) is 0 Å². The van der Waals surface area contributed by atoms with Gasteiger partial charge >= 0.3 is 0 Å². The molecule has 0 fully saturated rings. The van der Waals surface area contributed by atoms with E-state index < -0.39 is 0 Å². The van der Waals surface area contributed by atoms with Crippen molar-refractivity contribution in [2.45, 2.75) is 45.4 Å². The van der Waals surface area contributed by atoms with Crippen LogP contribution in [0, 0.1) is 5.41 Å². The Labute approximate surface area is 99.4 Å². The Morgan fingerprint density at radius 2 is 2.00 bits per heavy atom. The monoisotopic (exact) mass is 214 g/mol. The lowest BCUT2D eigenvalue weighted by atomic mass is 9.71. The normalized spacial score (nSPS) is 24.6. The van der Waals surface area contributed by atoms with Crippen molar-refractivity contribution < 1.29 is 0 Å². The van der Waals surface area contributed by atoms with Crippen LogP contribution in [0.25, 0.3) is 0 Å². The third-order valence-corrected chi connectivity index (χ3v) is 3.66. The molecule has 1 atom stereocenters. The lowest BCUT2D eigenvalue weighted by molar-refractivity contribution is 0.297. The molecule has 2 rings (SSSR count). The SMILES string of the molecule is CCCC1(Cc2ccccc2)C=CCCC1. The summed E-state index contributed by atoms with van der Waals surface area (Å²) in [4.78, 5) is 0. The topological polar surface area (TPSA) is 0 Å². The van der Waals surface area contributed by atoms with E-state index in [9.17, 15) is 0 Å². The summed E-state index contributed by atoms with van der Waals surface area (Å²) in [6, 6.07) is 10.9. The molecule has 0 aromatic heterocycles. The van der Waals surface area contributed by atoms with Gasteiger partial charge in [-0.3, -0.25) is 0 Å². The van der Waals surface area contributed by atoms with Gasteiger partial charge in [0.25, 0.3) is 0 Å². The van der Waals surface area contributed by atoms with Gasteiger partial charge in [0.2, 0.25) is 0 Å². The van der Waals surface area contributed by atoms with Gasteiger partial charge in [0.1, 0.15) is 0 Å². The predicted molar refractivity (Wildman–Crippen MR) is 70.5 cm³/mol. The zero-order chi connectivity index (χ0) is 11.3. The molecule has 0 saturated heterocycles. The van der Waals surface area contributed by atoms with Gasteiger partial charge in [-0.15, -0.1) is 0 Å². The highest BCUT2D eigenvalue weighted by atomic mass is 14.3. The fraction of sp³-hybridized carbons (Fsp3) is 0.500. The maximum atomic E-state index is 2.49. The zero-order valence-electron chi connectivity index (χ0n) is 10.3. The first-order chi connectivity index (χ1) is 7.85. The highest BCUT2D eigenvalue weighted by Crippen LogP contribution is 2.38. The third kappa shape index (κ3) is 2.75. The highest BCUT2D eigenvalue weighted by Gasteiger charge is 2.27. The molecule has 0 N–H and O–H groups in total. The quantitative estimate of drug-likeness (QED) is 0.634. The van der Waals surface area contributed by atoms with Crippen molar-refractivity contribution in [1.29, 1.82) is 0 Å². The first kappa shape index (κ1) is 11.4. The van der Waals surface area contributed by atoms with Gasteiger partial charge in [-0.05, 0) is 43.1 Å². The molecule has 0 heteroatoms. The molecule has 0 saturated carbocycles. The lowest BCUT2D eigenvalue weighted by Crippen LogP contribution is -2.23. The lowest BCUT2D eigenvalue weighted by Gasteiger charge is -2.33. The van der Waals surface area contributed by atoms with E-state index in [-0.39, 0.29) is 0 Å². The molecule has 0 amide bonds. The molecule has 0 bridgehead atoms. The second kappa shape index (κ2) is 5.34. The van der Waals surface area contributed by atoms with Crippen LogP contribution in [0.2, 0.25) is 0 Å². The molecule has 1 aromatic rings. The number of benzene rings is 1. The van der Waals surface area contributed by atoms with Crippen molar-refractivity contribution >= 4 is 0 Å². The fourth-order valence-corrected chi connectivity index (χ4v) is 2.93. The summed E-state index contributed by atoms with van der Waals surface area (Å²) < 4.78 is 0. The largest absolute Gasteiger partial charge is 0.0880 e. The highest BCUT2D eigenvalue weighted by molar-refractivity contribution is 5.19. The van der Waals surface area contributed by atoms with Crippen molar-refractivity contribution in [2.24, 2.45) is 5.41 Å². The van der Waals surface area contributed by atoms with Gasteiger partial charge in [-0.25, -0.2) is 0 Å². The van der Waals surface area contributed by atoms with E-state index in [0.29, 0.717) is 5.41 Å². The van der Waals surface area contributed by atoms with Gasteiger partial charge in [0.15, 0.2) is 0 Å². The average molecular weight is 214 g/mol. The van der Waals surface area contributed by atoms with E-state index in [0.717, 1.165) is 0 Å². The molecule has 1 aromatic carbocycles. The fourth-order valence-electron chi connectivity index (χ4n) is 2.93. The zero-order valence-corrected chi connectivity index (χ0v) is 10.3. The van der Waals surface area contributed by atoms with Crippen LogP contribution in [0.3, 0.4) is 0 Å². The summed E-state index contributed by atoms with van der Waals surface area (Å²) in [5.74, 6) is 0. The standard InChI is InChI=1S/C16H22/c1-2-11-16(12-7-4-8-13-16)14-15-9-5-3-6-10-15/h3,5-7,9-10,12H,2,4,8,11,13-14H2,1H3. The molecule has 16 heavy (non-hydrogen) atoms. The van der Waals surface area contributed by atoms with Crippen molar-refractivity contribution in [3.8, 4) is 0 Å². The number of hydrogen-bond donors (Lipinski definition) is 0. The second-order valence-corrected chi connectivity index (χ2v) is 5.07. The molecule has 0 spiro atoms. The number of rotatable bonds is 4. The molecular formula is C16H22. The maximum Gasteiger partial charge on any atom is -0.00779 e. The molecule has 0 heterocycles. The van der Waals surface area contributed by atoms with E-state index in [2.05, 4.69) is 49.4 Å². The van der Waals surface area contributed by atoms with Crippen molar-refractivity contribution in [3.63, 3.8) is 0 Å². The Morgan fingerprint density at radius 3 is 2.62 bits per heavy atom. The Balaban J connectivity index is 2.14. The smallest absolute Gasteiger partial charge is 0.00779 e. The summed E-state index contributed by atoms with van der Waals surface area (Å²) in [5.41, 5.74) is 1.94. The molecule has 0 radical (unpaired) electrons. The van der Waals surface area contributed by atoms with E-state index in [1.807, 2.05) is 0 Å². The van der Waals surface area contributed by atoms with E-state index in [1.54, 1.807) is 0 Å². The van der Waals surface area contributed by atoms with Crippen LogP contribution in [0.1, 0.15) is 44.6 Å².